The van der Waals surface area contributed by atoms with E-state index >= 15 is 0 Å². The van der Waals surface area contributed by atoms with E-state index in [9.17, 15) is 13.2 Å². The zero-order valence-corrected chi connectivity index (χ0v) is 10.3. The molecular formula is C10H15NO5S. The van der Waals surface area contributed by atoms with E-state index in [1.807, 2.05) is 6.92 Å². The molecule has 0 atom stereocenters. The summed E-state index contributed by atoms with van der Waals surface area (Å²) in [4.78, 5) is 11.7. The van der Waals surface area contributed by atoms with Crippen molar-refractivity contribution < 1.29 is 22.2 Å². The number of furan rings is 1. The van der Waals surface area contributed by atoms with E-state index in [-0.39, 0.29) is 12.3 Å². The lowest BCUT2D eigenvalue weighted by atomic mass is 10.2. The minimum atomic E-state index is -4.55. The van der Waals surface area contributed by atoms with Gasteiger partial charge in [-0.3, -0.25) is 9.35 Å². The number of nitrogens with zero attached hydrogens (tertiary/aromatic N) is 1. The molecule has 7 heteroatoms. The molecule has 1 N–H and O–H groups in total. The summed E-state index contributed by atoms with van der Waals surface area (Å²) in [6.45, 7) is 1.90. The van der Waals surface area contributed by atoms with E-state index in [4.69, 9.17) is 8.97 Å². The van der Waals surface area contributed by atoms with Gasteiger partial charge < -0.3 is 4.42 Å². The normalized spacial score (nSPS) is 11.4. The molecule has 0 aliphatic carbocycles. The Hall–Kier alpha value is -1.34. The van der Waals surface area contributed by atoms with Crippen LogP contribution in [0.15, 0.2) is 22.8 Å². The summed E-state index contributed by atoms with van der Waals surface area (Å²) in [5.74, 6) is -0.965. The van der Waals surface area contributed by atoms with Gasteiger partial charge in [-0.05, 0) is 18.6 Å². The van der Waals surface area contributed by atoms with Crippen molar-refractivity contribution in [3.05, 3.63) is 24.2 Å². The fourth-order valence-corrected chi connectivity index (χ4v) is 2.01. The van der Waals surface area contributed by atoms with Crippen molar-refractivity contribution in [1.82, 2.24) is 4.31 Å². The van der Waals surface area contributed by atoms with Gasteiger partial charge >= 0.3 is 16.2 Å². The Labute approximate surface area is 100 Å². The average molecular weight is 261 g/mol. The highest BCUT2D eigenvalue weighted by atomic mass is 32.2. The SMILES string of the molecule is CCCCCN(C(=O)c1ccco1)S(=O)(=O)O. The molecule has 1 aromatic heterocycles. The predicted molar refractivity (Wildman–Crippen MR) is 60.8 cm³/mol. The molecule has 0 unspecified atom stereocenters. The number of carbonyl (C=O) groups is 1. The number of carbonyl (C=O) groups excluding carboxylic acids is 1. The quantitative estimate of drug-likeness (QED) is 0.622. The van der Waals surface area contributed by atoms with Crippen molar-refractivity contribution >= 4 is 16.2 Å². The van der Waals surface area contributed by atoms with Crippen LogP contribution < -0.4 is 0 Å². The third-order valence-electron chi connectivity index (χ3n) is 2.20. The molecule has 0 fully saturated rings. The van der Waals surface area contributed by atoms with Gasteiger partial charge in [0.25, 0.3) is 0 Å². The number of rotatable bonds is 6. The van der Waals surface area contributed by atoms with Crippen molar-refractivity contribution in [2.24, 2.45) is 0 Å². The standard InChI is InChI=1S/C10H15NO5S/c1-2-3-4-7-11(17(13,14)15)10(12)9-6-5-8-16-9/h5-6,8H,2-4,7H2,1H3,(H,13,14,15). The van der Waals surface area contributed by atoms with Crippen molar-refractivity contribution in [2.45, 2.75) is 26.2 Å². The molecule has 0 aliphatic rings. The molecule has 0 aromatic carbocycles. The van der Waals surface area contributed by atoms with Crippen LogP contribution in [0.25, 0.3) is 0 Å². The Morgan fingerprint density at radius 2 is 2.18 bits per heavy atom. The Morgan fingerprint density at radius 3 is 2.65 bits per heavy atom. The Balaban J connectivity index is 2.81. The monoisotopic (exact) mass is 261 g/mol. The summed E-state index contributed by atoms with van der Waals surface area (Å²) < 4.78 is 36.4. The summed E-state index contributed by atoms with van der Waals surface area (Å²) in [5.41, 5.74) is 0. The van der Waals surface area contributed by atoms with E-state index in [1.165, 1.54) is 18.4 Å². The molecule has 0 saturated heterocycles. The van der Waals surface area contributed by atoms with Crippen LogP contribution >= 0.6 is 0 Å². The molecular weight excluding hydrogens is 246 g/mol. The van der Waals surface area contributed by atoms with E-state index in [0.717, 1.165) is 12.8 Å². The van der Waals surface area contributed by atoms with Crippen LogP contribution in [0, 0.1) is 0 Å². The van der Waals surface area contributed by atoms with E-state index in [0.29, 0.717) is 10.7 Å². The summed E-state index contributed by atoms with van der Waals surface area (Å²) in [6.07, 6.45) is 3.43. The van der Waals surface area contributed by atoms with Gasteiger partial charge in [0.1, 0.15) is 0 Å². The molecule has 0 aliphatic heterocycles. The van der Waals surface area contributed by atoms with Crippen LogP contribution in [-0.4, -0.2) is 29.7 Å². The third-order valence-corrected chi connectivity index (χ3v) is 3.11. The fraction of sp³-hybridized carbons (Fsp3) is 0.500. The lowest BCUT2D eigenvalue weighted by Crippen LogP contribution is -2.37. The van der Waals surface area contributed by atoms with Crippen LogP contribution in [-0.2, 0) is 10.3 Å². The molecule has 0 bridgehead atoms. The van der Waals surface area contributed by atoms with Gasteiger partial charge in [-0.2, -0.15) is 8.42 Å². The lowest BCUT2D eigenvalue weighted by molar-refractivity contribution is 0.0820. The van der Waals surface area contributed by atoms with Gasteiger partial charge in [0.2, 0.25) is 0 Å². The minimum absolute atomic E-state index is 0.0494. The highest BCUT2D eigenvalue weighted by Crippen LogP contribution is 2.10. The summed E-state index contributed by atoms with van der Waals surface area (Å²) >= 11 is 0. The maximum Gasteiger partial charge on any atom is 0.362 e. The first kappa shape index (κ1) is 13.7. The van der Waals surface area contributed by atoms with Gasteiger partial charge in [-0.15, -0.1) is 0 Å². The van der Waals surface area contributed by atoms with Gasteiger partial charge in [-0.1, -0.05) is 19.8 Å². The minimum Gasteiger partial charge on any atom is -0.459 e. The van der Waals surface area contributed by atoms with Crippen LogP contribution in [0.2, 0.25) is 0 Å². The molecule has 0 radical (unpaired) electrons. The second kappa shape index (κ2) is 5.83. The highest BCUT2D eigenvalue weighted by Gasteiger charge is 2.27. The summed E-state index contributed by atoms with van der Waals surface area (Å²) in [7, 11) is -4.55. The van der Waals surface area contributed by atoms with Crippen molar-refractivity contribution in [1.29, 1.82) is 0 Å². The Morgan fingerprint density at radius 1 is 1.47 bits per heavy atom. The molecule has 1 amide bonds. The smallest absolute Gasteiger partial charge is 0.362 e. The Bertz CT molecular complexity index is 451. The predicted octanol–water partition coefficient (Wildman–Crippen LogP) is 1.71. The molecule has 96 valence electrons. The molecule has 1 heterocycles. The van der Waals surface area contributed by atoms with Crippen molar-refractivity contribution in [3.63, 3.8) is 0 Å². The molecule has 0 saturated carbocycles. The molecule has 6 nitrogen and oxygen atoms in total. The second-order valence-corrected chi connectivity index (χ2v) is 4.88. The number of amides is 1. The topological polar surface area (TPSA) is 87.8 Å². The Kier molecular flexibility index (Phi) is 4.71. The largest absolute Gasteiger partial charge is 0.459 e. The van der Waals surface area contributed by atoms with Crippen LogP contribution in [0.3, 0.4) is 0 Å². The lowest BCUT2D eigenvalue weighted by Gasteiger charge is -2.17. The van der Waals surface area contributed by atoms with E-state index in [1.54, 1.807) is 0 Å². The van der Waals surface area contributed by atoms with E-state index in [2.05, 4.69) is 0 Å². The summed E-state index contributed by atoms with van der Waals surface area (Å²) in [6, 6.07) is 2.82. The molecule has 1 rings (SSSR count). The zero-order chi connectivity index (χ0) is 12.9. The first-order chi connectivity index (χ1) is 7.96. The van der Waals surface area contributed by atoms with Gasteiger partial charge in [-0.25, -0.2) is 4.31 Å². The second-order valence-electron chi connectivity index (χ2n) is 3.54. The number of unbranched alkanes of at least 4 members (excludes halogenated alkanes) is 2. The highest BCUT2D eigenvalue weighted by molar-refractivity contribution is 7.84. The number of hydrogen-bond acceptors (Lipinski definition) is 4. The number of hydrogen-bond donors (Lipinski definition) is 1. The molecule has 17 heavy (non-hydrogen) atoms. The maximum absolute atomic E-state index is 11.7. The van der Waals surface area contributed by atoms with Gasteiger partial charge in [0, 0.05) is 6.54 Å². The van der Waals surface area contributed by atoms with Gasteiger partial charge in [0.15, 0.2) is 5.76 Å². The average Bonchev–Trinajstić information content (AvgIpc) is 2.75. The van der Waals surface area contributed by atoms with Crippen LogP contribution in [0.5, 0.6) is 0 Å². The molecule has 1 aromatic rings. The third kappa shape index (κ3) is 3.86. The first-order valence-electron chi connectivity index (χ1n) is 5.29. The zero-order valence-electron chi connectivity index (χ0n) is 9.50. The first-order valence-corrected chi connectivity index (χ1v) is 6.69. The maximum atomic E-state index is 11.7. The van der Waals surface area contributed by atoms with E-state index < -0.39 is 16.2 Å². The van der Waals surface area contributed by atoms with Crippen molar-refractivity contribution in [3.8, 4) is 0 Å². The fourth-order valence-electron chi connectivity index (χ4n) is 1.35. The van der Waals surface area contributed by atoms with Crippen LogP contribution in [0.1, 0.15) is 36.7 Å². The van der Waals surface area contributed by atoms with Crippen LogP contribution in [0.4, 0.5) is 0 Å². The summed E-state index contributed by atoms with van der Waals surface area (Å²) in [5, 5.41) is 0. The van der Waals surface area contributed by atoms with Gasteiger partial charge in [0.05, 0.1) is 6.26 Å². The van der Waals surface area contributed by atoms with Crippen molar-refractivity contribution in [2.75, 3.05) is 6.54 Å². The molecule has 0 spiro atoms.